The fraction of sp³-hybridized carbons (Fsp3) is 0.919. The van der Waals surface area contributed by atoms with E-state index in [0.29, 0.717) is 43.5 Å². The highest BCUT2D eigenvalue weighted by Crippen LogP contribution is 2.33. The van der Waals surface area contributed by atoms with Gasteiger partial charge in [-0.2, -0.15) is 15.0 Å². The number of hydrogen-bond acceptors (Lipinski definition) is 9. The second-order valence-electron chi connectivity index (χ2n) is 15.0. The lowest BCUT2D eigenvalue weighted by Crippen LogP contribution is -2.62. The molecule has 0 saturated carbocycles. The van der Waals surface area contributed by atoms with Crippen molar-refractivity contribution in [2.75, 3.05) is 55.5 Å². The van der Waals surface area contributed by atoms with Gasteiger partial charge < -0.3 is 30.7 Å². The number of aliphatic hydroxyl groups is 1. The van der Waals surface area contributed by atoms with E-state index in [9.17, 15) is 5.11 Å². The minimum Gasteiger partial charge on any atom is -0.396 e. The molecule has 0 radical (unpaired) electrons. The molecule has 0 spiro atoms. The first-order valence-corrected chi connectivity index (χ1v) is 19.1. The average molecular weight is 648 g/mol. The maximum absolute atomic E-state index is 9.31. The van der Waals surface area contributed by atoms with Crippen molar-refractivity contribution >= 4 is 17.8 Å². The van der Waals surface area contributed by atoms with Crippen molar-refractivity contribution in [1.29, 1.82) is 0 Å². The van der Waals surface area contributed by atoms with Crippen molar-refractivity contribution < 1.29 is 9.84 Å². The van der Waals surface area contributed by atoms with Gasteiger partial charge in [0.1, 0.15) is 0 Å². The largest absolute Gasteiger partial charge is 0.396 e. The summed E-state index contributed by atoms with van der Waals surface area (Å²) in [7, 11) is 1.76. The molecule has 1 aliphatic rings. The summed E-state index contributed by atoms with van der Waals surface area (Å²) < 4.78 is 5.41. The van der Waals surface area contributed by atoms with Gasteiger partial charge in [-0.25, -0.2) is 0 Å². The summed E-state index contributed by atoms with van der Waals surface area (Å²) in [4.78, 5) is 16.9. The molecule has 9 nitrogen and oxygen atoms in total. The minimum absolute atomic E-state index is 0.00940. The monoisotopic (exact) mass is 648 g/mol. The number of aliphatic hydroxyl groups excluding tert-OH is 1. The normalized spacial score (nSPS) is 16.1. The van der Waals surface area contributed by atoms with Crippen molar-refractivity contribution in [3.8, 4) is 0 Å². The van der Waals surface area contributed by atoms with E-state index in [1.807, 2.05) is 0 Å². The molecule has 1 aliphatic heterocycles. The molecule has 2 rings (SSSR count). The highest BCUT2D eigenvalue weighted by molar-refractivity contribution is 5.45. The zero-order chi connectivity index (χ0) is 33.5. The number of nitrogens with one attached hydrogen (secondary N) is 3. The first-order valence-electron chi connectivity index (χ1n) is 19.1. The summed E-state index contributed by atoms with van der Waals surface area (Å²) in [5.74, 6) is 1.91. The lowest BCUT2D eigenvalue weighted by Gasteiger charge is -2.49. The molecule has 2 heterocycles. The quantitative estimate of drug-likeness (QED) is 0.0666. The third kappa shape index (κ3) is 18.0. The van der Waals surface area contributed by atoms with E-state index in [1.54, 1.807) is 7.11 Å². The second kappa shape index (κ2) is 23.6. The van der Waals surface area contributed by atoms with Crippen molar-refractivity contribution in [3.63, 3.8) is 0 Å². The molecule has 0 aliphatic carbocycles. The molecule has 0 atom stereocenters. The molecular formula is C37H73N7O2. The lowest BCUT2D eigenvalue weighted by atomic mass is 9.79. The molecule has 1 fully saturated rings. The zero-order valence-electron chi connectivity index (χ0n) is 30.9. The van der Waals surface area contributed by atoms with Crippen LogP contribution in [0.1, 0.15) is 163 Å². The average Bonchev–Trinajstić information content (AvgIpc) is 2.99. The Kier molecular flexibility index (Phi) is 20.8. The summed E-state index contributed by atoms with van der Waals surface area (Å²) in [5.41, 5.74) is 0.0188. The molecular weight excluding hydrogens is 574 g/mol. The Morgan fingerprint density at radius 2 is 1.15 bits per heavy atom. The van der Waals surface area contributed by atoms with Gasteiger partial charge in [-0.05, 0) is 59.8 Å². The van der Waals surface area contributed by atoms with Crippen LogP contribution in [-0.4, -0.2) is 77.1 Å². The maximum atomic E-state index is 9.31. The van der Waals surface area contributed by atoms with Crippen LogP contribution in [0.15, 0.2) is 0 Å². The van der Waals surface area contributed by atoms with E-state index in [0.717, 1.165) is 38.8 Å². The Hall–Kier alpha value is -1.71. The highest BCUT2D eigenvalue weighted by atomic mass is 16.5. The number of anilines is 3. The van der Waals surface area contributed by atoms with E-state index < -0.39 is 0 Å². The minimum atomic E-state index is 0.00940. The Morgan fingerprint density at radius 1 is 0.696 bits per heavy atom. The Labute approximate surface area is 283 Å². The molecule has 0 aromatic carbocycles. The molecule has 46 heavy (non-hydrogen) atoms. The summed E-state index contributed by atoms with van der Waals surface area (Å²) >= 11 is 0. The Bertz CT molecular complexity index is 882. The van der Waals surface area contributed by atoms with Gasteiger partial charge in [0.05, 0.1) is 0 Å². The SMILES string of the molecule is CCCCCCCCCCCCCCCCCCNc1nc(NCCCO)nc(N(CCCOC)C2CC(C)(C)NC(C)(C)C2)n1. The van der Waals surface area contributed by atoms with Gasteiger partial charge in [0.15, 0.2) is 0 Å². The number of hydrogen-bond donors (Lipinski definition) is 4. The van der Waals surface area contributed by atoms with Crippen LogP contribution >= 0.6 is 0 Å². The van der Waals surface area contributed by atoms with Crippen molar-refractivity contribution in [1.82, 2.24) is 20.3 Å². The van der Waals surface area contributed by atoms with E-state index in [1.165, 1.54) is 96.3 Å². The van der Waals surface area contributed by atoms with Crippen molar-refractivity contribution in [2.24, 2.45) is 0 Å². The van der Waals surface area contributed by atoms with Gasteiger partial charge in [0, 0.05) is 57.1 Å². The molecule has 1 aromatic heterocycles. The van der Waals surface area contributed by atoms with Crippen LogP contribution in [-0.2, 0) is 4.74 Å². The summed E-state index contributed by atoms with van der Waals surface area (Å²) in [6.07, 6.45) is 25.5. The molecule has 1 saturated heterocycles. The van der Waals surface area contributed by atoms with Gasteiger partial charge in [0.25, 0.3) is 0 Å². The predicted molar refractivity (Wildman–Crippen MR) is 196 cm³/mol. The summed E-state index contributed by atoms with van der Waals surface area (Å²) in [6.45, 7) is 14.6. The Balaban J connectivity index is 1.83. The number of nitrogens with zero attached hydrogens (tertiary/aromatic N) is 4. The third-order valence-electron chi connectivity index (χ3n) is 9.17. The topological polar surface area (TPSA) is 107 Å². The molecule has 1 aromatic rings. The predicted octanol–water partition coefficient (Wildman–Crippen LogP) is 8.49. The lowest BCUT2D eigenvalue weighted by molar-refractivity contribution is 0.154. The molecule has 0 amide bonds. The number of methoxy groups -OCH3 is 1. The van der Waals surface area contributed by atoms with E-state index in [4.69, 9.17) is 19.7 Å². The van der Waals surface area contributed by atoms with Gasteiger partial charge in [-0.3, -0.25) is 0 Å². The fourth-order valence-electron chi connectivity index (χ4n) is 7.12. The molecule has 0 unspecified atom stereocenters. The number of piperidine rings is 1. The molecule has 0 bridgehead atoms. The highest BCUT2D eigenvalue weighted by Gasteiger charge is 2.40. The number of unbranched alkanes of at least 4 members (excludes halogenated alkanes) is 15. The first-order chi connectivity index (χ1) is 22.2. The Morgan fingerprint density at radius 3 is 1.61 bits per heavy atom. The molecule has 9 heteroatoms. The van der Waals surface area contributed by atoms with Gasteiger partial charge in [-0.1, -0.05) is 103 Å². The zero-order valence-corrected chi connectivity index (χ0v) is 30.9. The second-order valence-corrected chi connectivity index (χ2v) is 15.0. The van der Waals surface area contributed by atoms with Crippen LogP contribution in [0.25, 0.3) is 0 Å². The summed E-state index contributed by atoms with van der Waals surface area (Å²) in [6, 6.07) is 0.295. The van der Waals surface area contributed by atoms with Crippen LogP contribution < -0.4 is 20.9 Å². The number of aromatic nitrogens is 3. The third-order valence-corrected chi connectivity index (χ3v) is 9.17. The van der Waals surface area contributed by atoms with Crippen LogP contribution in [0.3, 0.4) is 0 Å². The van der Waals surface area contributed by atoms with Crippen LogP contribution in [0.4, 0.5) is 17.8 Å². The van der Waals surface area contributed by atoms with E-state index in [2.05, 4.69) is 55.5 Å². The molecule has 268 valence electrons. The van der Waals surface area contributed by atoms with Crippen molar-refractivity contribution in [2.45, 2.75) is 180 Å². The van der Waals surface area contributed by atoms with Gasteiger partial charge in [0.2, 0.25) is 17.8 Å². The number of ether oxygens (including phenoxy) is 1. The van der Waals surface area contributed by atoms with Crippen LogP contribution in [0.2, 0.25) is 0 Å². The van der Waals surface area contributed by atoms with E-state index >= 15 is 0 Å². The van der Waals surface area contributed by atoms with E-state index in [-0.39, 0.29) is 17.7 Å². The van der Waals surface area contributed by atoms with Crippen LogP contribution in [0.5, 0.6) is 0 Å². The van der Waals surface area contributed by atoms with Crippen LogP contribution in [0, 0.1) is 0 Å². The van der Waals surface area contributed by atoms with Gasteiger partial charge in [-0.15, -0.1) is 0 Å². The van der Waals surface area contributed by atoms with Crippen molar-refractivity contribution in [3.05, 3.63) is 0 Å². The number of rotatable bonds is 28. The first kappa shape index (κ1) is 40.5. The van der Waals surface area contributed by atoms with Gasteiger partial charge >= 0.3 is 0 Å². The molecule has 4 N–H and O–H groups in total. The maximum Gasteiger partial charge on any atom is 0.232 e. The standard InChI is InChI=1S/C37H73N7O2/c1-7-8-9-10-11-12-13-14-15-16-17-18-19-20-21-22-25-38-33-40-34(39-26-23-28-45)42-35(41-33)44(27-24-29-46-6)32-30-36(2,3)43-37(4,5)31-32/h32,43,45H,7-31H2,1-6H3,(H2,38,39,40,41,42). The summed E-state index contributed by atoms with van der Waals surface area (Å²) in [5, 5.41) is 20.0. The fourth-order valence-corrected chi connectivity index (χ4v) is 7.12. The smallest absolute Gasteiger partial charge is 0.232 e.